The Hall–Kier alpha value is -1.80. The molecule has 4 rings (SSSR count). The average Bonchev–Trinajstić information content (AvgIpc) is 3.27. The zero-order chi connectivity index (χ0) is 16.5. The van der Waals surface area contributed by atoms with E-state index in [2.05, 4.69) is 67.8 Å². The molecule has 0 saturated carbocycles. The van der Waals surface area contributed by atoms with Crippen molar-refractivity contribution in [1.82, 2.24) is 9.47 Å². The minimum absolute atomic E-state index is 0.00685. The number of nitrogens with one attached hydrogen (secondary N) is 1. The molecule has 2 aromatic heterocycles. The van der Waals surface area contributed by atoms with Gasteiger partial charge in [-0.1, -0.05) is 0 Å². The molecule has 122 valence electrons. The SMILES string of the molecule is S=C(Nc1ccc(I)cc1)N1CCn2cccc2C1c1ccco1. The van der Waals surface area contributed by atoms with Crippen LogP contribution < -0.4 is 5.32 Å². The van der Waals surface area contributed by atoms with Gasteiger partial charge in [-0.15, -0.1) is 0 Å². The van der Waals surface area contributed by atoms with Gasteiger partial charge in [-0.05, 0) is 83.3 Å². The Morgan fingerprint density at radius 3 is 2.71 bits per heavy atom. The van der Waals surface area contributed by atoms with E-state index >= 15 is 0 Å². The maximum atomic E-state index is 5.70. The Morgan fingerprint density at radius 1 is 1.12 bits per heavy atom. The number of aromatic nitrogens is 1. The van der Waals surface area contributed by atoms with Crippen molar-refractivity contribution in [1.29, 1.82) is 0 Å². The van der Waals surface area contributed by atoms with E-state index in [0.717, 1.165) is 24.5 Å². The highest BCUT2D eigenvalue weighted by molar-refractivity contribution is 14.1. The molecule has 4 nitrogen and oxygen atoms in total. The minimum atomic E-state index is -0.00685. The third kappa shape index (κ3) is 2.95. The normalized spacial score (nSPS) is 16.7. The van der Waals surface area contributed by atoms with Crippen LogP contribution in [0.5, 0.6) is 0 Å². The van der Waals surface area contributed by atoms with E-state index in [-0.39, 0.29) is 6.04 Å². The molecule has 1 aliphatic rings. The van der Waals surface area contributed by atoms with Crippen LogP contribution in [0.15, 0.2) is 65.4 Å². The number of hydrogen-bond donors (Lipinski definition) is 1. The number of fused-ring (bicyclic) bond motifs is 1. The van der Waals surface area contributed by atoms with E-state index in [9.17, 15) is 0 Å². The molecule has 0 spiro atoms. The topological polar surface area (TPSA) is 33.3 Å². The van der Waals surface area contributed by atoms with Gasteiger partial charge in [-0.2, -0.15) is 0 Å². The number of rotatable bonds is 2. The van der Waals surface area contributed by atoms with Crippen molar-refractivity contribution in [3.05, 3.63) is 76.0 Å². The monoisotopic (exact) mass is 449 g/mol. The summed E-state index contributed by atoms with van der Waals surface area (Å²) >= 11 is 8.00. The molecule has 6 heteroatoms. The van der Waals surface area contributed by atoms with E-state index in [1.165, 1.54) is 9.26 Å². The smallest absolute Gasteiger partial charge is 0.174 e. The summed E-state index contributed by atoms with van der Waals surface area (Å²) in [5, 5.41) is 4.07. The zero-order valence-electron chi connectivity index (χ0n) is 12.9. The van der Waals surface area contributed by atoms with Crippen molar-refractivity contribution in [3.63, 3.8) is 0 Å². The Morgan fingerprint density at radius 2 is 1.96 bits per heavy atom. The van der Waals surface area contributed by atoms with E-state index in [1.54, 1.807) is 6.26 Å². The molecule has 1 unspecified atom stereocenters. The molecule has 0 radical (unpaired) electrons. The third-order valence-corrected chi connectivity index (χ3v) is 5.26. The Bertz CT molecular complexity index is 842. The van der Waals surface area contributed by atoms with Gasteiger partial charge in [0.1, 0.15) is 11.8 Å². The first-order chi connectivity index (χ1) is 11.7. The van der Waals surface area contributed by atoms with Crippen LogP contribution in [0.25, 0.3) is 0 Å². The molecule has 0 aliphatic carbocycles. The number of halogens is 1. The number of anilines is 1. The summed E-state index contributed by atoms with van der Waals surface area (Å²) in [4.78, 5) is 2.20. The van der Waals surface area contributed by atoms with Crippen LogP contribution in [0.4, 0.5) is 5.69 Å². The number of benzene rings is 1. The van der Waals surface area contributed by atoms with Crippen molar-refractivity contribution in [3.8, 4) is 0 Å². The van der Waals surface area contributed by atoms with Gasteiger partial charge in [0.05, 0.1) is 6.26 Å². The first-order valence-corrected chi connectivity index (χ1v) is 9.23. The van der Waals surface area contributed by atoms with Crippen LogP contribution in [0.2, 0.25) is 0 Å². The highest BCUT2D eigenvalue weighted by atomic mass is 127. The average molecular weight is 449 g/mol. The summed E-state index contributed by atoms with van der Waals surface area (Å²) in [5.41, 5.74) is 2.20. The second kappa shape index (κ2) is 6.60. The van der Waals surface area contributed by atoms with Crippen molar-refractivity contribution in [2.24, 2.45) is 0 Å². The zero-order valence-corrected chi connectivity index (χ0v) is 15.8. The minimum Gasteiger partial charge on any atom is -0.467 e. The lowest BCUT2D eigenvalue weighted by Crippen LogP contribution is -2.44. The quantitative estimate of drug-likeness (QED) is 0.462. The Kier molecular flexibility index (Phi) is 4.32. The number of nitrogens with zero attached hydrogens (tertiary/aromatic N) is 2. The second-order valence-electron chi connectivity index (χ2n) is 5.67. The van der Waals surface area contributed by atoms with E-state index < -0.39 is 0 Å². The number of hydrogen-bond acceptors (Lipinski definition) is 2. The molecule has 1 aromatic carbocycles. The summed E-state index contributed by atoms with van der Waals surface area (Å²) in [6, 6.07) is 16.3. The largest absolute Gasteiger partial charge is 0.467 e. The molecule has 0 amide bonds. The van der Waals surface area contributed by atoms with Gasteiger partial charge in [0.15, 0.2) is 5.11 Å². The van der Waals surface area contributed by atoms with Crippen LogP contribution in [0.3, 0.4) is 0 Å². The highest BCUT2D eigenvalue weighted by Crippen LogP contribution is 2.33. The molecular formula is C18H16IN3OS. The molecule has 3 heterocycles. The van der Waals surface area contributed by atoms with Gasteiger partial charge in [-0.25, -0.2) is 0 Å². The van der Waals surface area contributed by atoms with Crippen molar-refractivity contribution >= 4 is 45.6 Å². The van der Waals surface area contributed by atoms with Gasteiger partial charge in [0, 0.05) is 34.2 Å². The molecule has 0 saturated heterocycles. The second-order valence-corrected chi connectivity index (χ2v) is 7.31. The third-order valence-electron chi connectivity index (χ3n) is 4.21. The fourth-order valence-corrected chi connectivity index (χ4v) is 3.75. The summed E-state index contributed by atoms with van der Waals surface area (Å²) in [5.74, 6) is 0.904. The molecule has 0 bridgehead atoms. The lowest BCUT2D eigenvalue weighted by atomic mass is 10.1. The number of furan rings is 1. The molecule has 24 heavy (non-hydrogen) atoms. The van der Waals surface area contributed by atoms with E-state index in [0.29, 0.717) is 5.11 Å². The van der Waals surface area contributed by atoms with Gasteiger partial charge < -0.3 is 19.2 Å². The molecule has 1 aliphatic heterocycles. The van der Waals surface area contributed by atoms with Crippen molar-refractivity contribution in [2.45, 2.75) is 12.6 Å². The summed E-state index contributed by atoms with van der Waals surface area (Å²) in [6.45, 7) is 1.75. The molecule has 3 aromatic rings. The van der Waals surface area contributed by atoms with Crippen molar-refractivity contribution < 1.29 is 4.42 Å². The van der Waals surface area contributed by atoms with Crippen LogP contribution in [0, 0.1) is 3.57 Å². The standard InChI is InChI=1S/C18H16IN3OS/c19-13-5-7-14(8-6-13)20-18(24)22-11-10-21-9-1-3-15(21)17(22)16-4-2-12-23-16/h1-9,12,17H,10-11H2,(H,20,24). The van der Waals surface area contributed by atoms with Crippen molar-refractivity contribution in [2.75, 3.05) is 11.9 Å². The summed E-state index contributed by atoms with van der Waals surface area (Å²) in [7, 11) is 0. The fraction of sp³-hybridized carbons (Fsp3) is 0.167. The number of thiocarbonyl (C=S) groups is 1. The van der Waals surface area contributed by atoms with Crippen LogP contribution in [0.1, 0.15) is 17.5 Å². The lowest BCUT2D eigenvalue weighted by Gasteiger charge is -2.37. The predicted octanol–water partition coefficient (Wildman–Crippen LogP) is 4.49. The Balaban J connectivity index is 1.63. The first kappa shape index (κ1) is 15.7. The van der Waals surface area contributed by atoms with Crippen LogP contribution in [-0.4, -0.2) is 21.1 Å². The predicted molar refractivity (Wildman–Crippen MR) is 107 cm³/mol. The van der Waals surface area contributed by atoms with E-state index in [4.69, 9.17) is 16.6 Å². The van der Waals surface area contributed by atoms with Gasteiger partial charge in [-0.3, -0.25) is 0 Å². The van der Waals surface area contributed by atoms with E-state index in [1.807, 2.05) is 24.3 Å². The maximum absolute atomic E-state index is 5.70. The summed E-state index contributed by atoms with van der Waals surface area (Å²) in [6.07, 6.45) is 3.82. The fourth-order valence-electron chi connectivity index (χ4n) is 3.08. The van der Waals surface area contributed by atoms with Gasteiger partial charge in [0.25, 0.3) is 0 Å². The Labute approximate surface area is 159 Å². The summed E-state index contributed by atoms with van der Waals surface area (Å²) < 4.78 is 9.17. The lowest BCUT2D eigenvalue weighted by molar-refractivity contribution is 0.261. The van der Waals surface area contributed by atoms with Gasteiger partial charge in [0.2, 0.25) is 0 Å². The molecular weight excluding hydrogens is 433 g/mol. The maximum Gasteiger partial charge on any atom is 0.174 e. The first-order valence-electron chi connectivity index (χ1n) is 7.74. The van der Waals surface area contributed by atoms with Crippen LogP contribution in [-0.2, 0) is 6.54 Å². The highest BCUT2D eigenvalue weighted by Gasteiger charge is 2.32. The van der Waals surface area contributed by atoms with Crippen LogP contribution >= 0.6 is 34.8 Å². The molecule has 0 fully saturated rings. The molecule has 1 atom stereocenters. The molecule has 1 N–H and O–H groups in total. The van der Waals surface area contributed by atoms with Gasteiger partial charge >= 0.3 is 0 Å².